The Balaban J connectivity index is 0.00000822. The summed E-state index contributed by atoms with van der Waals surface area (Å²) >= 11 is 0. The van der Waals surface area contributed by atoms with E-state index in [9.17, 15) is 63.4 Å². The first-order valence-electron chi connectivity index (χ1n) is 27.7. The number of esters is 1. The molecule has 0 aromatic heterocycles. The van der Waals surface area contributed by atoms with Crippen LogP contribution in [0.15, 0.2) is 11.6 Å². The van der Waals surface area contributed by atoms with Gasteiger partial charge in [-0.05, 0) is 93.8 Å². The van der Waals surface area contributed by atoms with Gasteiger partial charge in [0.05, 0.1) is 37.4 Å². The summed E-state index contributed by atoms with van der Waals surface area (Å²) in [5.74, 6) is -0.0232. The van der Waals surface area contributed by atoms with Crippen LogP contribution in [-0.4, -0.2) is 215 Å². The zero-order valence-corrected chi connectivity index (χ0v) is 49.7. The second-order valence-corrected chi connectivity index (χ2v) is 26.2. The van der Waals surface area contributed by atoms with E-state index >= 15 is 0 Å². The van der Waals surface area contributed by atoms with Crippen LogP contribution in [0.5, 0.6) is 0 Å². The van der Waals surface area contributed by atoms with Crippen LogP contribution >= 0.6 is 0 Å². The van der Waals surface area contributed by atoms with Crippen molar-refractivity contribution in [1.82, 2.24) is 0 Å². The average Bonchev–Trinajstić information content (AvgIpc) is 3.52. The molecule has 0 radical (unpaired) electrons. The van der Waals surface area contributed by atoms with Crippen LogP contribution in [0.25, 0.3) is 0 Å². The topological polar surface area (TPSA) is 355 Å². The zero-order valence-electron chi connectivity index (χ0n) is 46.9. The Morgan fingerprint density at radius 1 is 0.759 bits per heavy atom. The Hall–Kier alpha value is -0.930. The summed E-state index contributed by atoms with van der Waals surface area (Å²) in [4.78, 5) is 28.3. The van der Waals surface area contributed by atoms with E-state index < -0.39 is 169 Å². The van der Waals surface area contributed by atoms with Crippen molar-refractivity contribution in [2.24, 2.45) is 45.3 Å². The van der Waals surface area contributed by atoms with E-state index in [0.717, 1.165) is 19.3 Å². The number of fused-ring (bicyclic) bond motifs is 4. The summed E-state index contributed by atoms with van der Waals surface area (Å²) in [5.41, 5.74) is -2.09. The molecule has 8 fully saturated rings. The number of ketones is 1. The summed E-state index contributed by atoms with van der Waals surface area (Å²) in [6.07, 6.45) is -21.6. The predicted molar refractivity (Wildman–Crippen MR) is 263 cm³/mol. The van der Waals surface area contributed by atoms with Crippen molar-refractivity contribution in [2.45, 2.75) is 235 Å². The second kappa shape index (κ2) is 23.7. The largest absolute Gasteiger partial charge is 1.00 e. The number of hydrogen-bond donors (Lipinski definition) is 8. The van der Waals surface area contributed by atoms with E-state index in [-0.39, 0.29) is 64.5 Å². The van der Waals surface area contributed by atoms with Gasteiger partial charge in [-0.15, -0.1) is 0 Å². The minimum Gasteiger partial charge on any atom is -0.726 e. The second-order valence-electron chi connectivity index (χ2n) is 25.2. The molecule has 0 aromatic carbocycles. The number of aliphatic hydroxyl groups is 8. The van der Waals surface area contributed by atoms with Gasteiger partial charge in [0.25, 0.3) is 0 Å². The van der Waals surface area contributed by atoms with Crippen LogP contribution in [0.4, 0.5) is 0 Å². The van der Waals surface area contributed by atoms with Crippen LogP contribution in [0.2, 0.25) is 0 Å². The first-order valence-corrected chi connectivity index (χ1v) is 29.0. The smallest absolute Gasteiger partial charge is 0.726 e. The number of cyclic esters (lactones) is 1. The summed E-state index contributed by atoms with van der Waals surface area (Å²) in [6.45, 7) is 14.3. The van der Waals surface area contributed by atoms with E-state index in [1.54, 1.807) is 0 Å². The number of Topliss-reactive ketones (excluding diaryl/α,β-unsaturated/α-hetero) is 1. The third kappa shape index (κ3) is 11.1. The van der Waals surface area contributed by atoms with Gasteiger partial charge in [-0.2, -0.15) is 0 Å². The zero-order chi connectivity index (χ0) is 57.0. The molecule has 5 aliphatic heterocycles. The quantitative estimate of drug-likeness (QED) is 0.0251. The van der Waals surface area contributed by atoms with Gasteiger partial charge < -0.3 is 92.8 Å². The van der Waals surface area contributed by atoms with Gasteiger partial charge in [0.1, 0.15) is 79.4 Å². The molecule has 1 spiro atoms. The molecule has 9 aliphatic rings. The number of methoxy groups -OCH3 is 1. The summed E-state index contributed by atoms with van der Waals surface area (Å²) < 4.78 is 99.5. The molecule has 446 valence electrons. The molecule has 3 saturated carbocycles. The molecular weight excluding hydrogens is 1080 g/mol. The molecule has 9 rings (SSSR count). The van der Waals surface area contributed by atoms with Crippen molar-refractivity contribution < 1.29 is 145 Å². The standard InChI is InChI=1S/C53H84O24S.Na/c1-23(2)10-13-32(56)52(8)31-15-18-51(7)26-11-12-30-49(4,5)33(16-17-50(30,6)25(26)14-19-53(31,51)48(63)76-52)72-47-43(35(58)29(22-69-47)77-78(64,65)66)75-45-37(60)36(59)40(24(3)70-45)73-44-38(61)41(27(55)21-68-44)74-46-39(62)42(67-9)34(57)28(20-54)71-46;/h11,23-25,27-31,33-47,54-55,57-62H,10,12-22H2,1-9H3,(H,64,65,66);/q;+1/p-1/t24-,25+,27-,28-,29-,30+,31-,33+,34-,35+,36-,37-,38-,39-,40-,41+,42+,43-,44+,45+,46+,47+,50-,51+,52-,53-;/m1./s1. The van der Waals surface area contributed by atoms with Crippen LogP contribution in [0.1, 0.15) is 113 Å². The molecule has 0 unspecified atom stereocenters. The minimum absolute atomic E-state index is 0. The number of rotatable bonds is 16. The molecule has 24 nitrogen and oxygen atoms in total. The van der Waals surface area contributed by atoms with Gasteiger partial charge in [0.2, 0.25) is 10.4 Å². The molecule has 26 atom stereocenters. The molecule has 26 heteroatoms. The van der Waals surface area contributed by atoms with Crippen molar-refractivity contribution in [2.75, 3.05) is 26.9 Å². The fourth-order valence-electron chi connectivity index (χ4n) is 15.8. The molecular formula is C53H83NaO24S. The Morgan fingerprint density at radius 3 is 2.06 bits per heavy atom. The maximum absolute atomic E-state index is 14.4. The fraction of sp³-hybridized carbons (Fsp3) is 0.925. The van der Waals surface area contributed by atoms with E-state index in [4.69, 9.17) is 47.4 Å². The van der Waals surface area contributed by atoms with Crippen LogP contribution in [0.3, 0.4) is 0 Å². The van der Waals surface area contributed by atoms with Gasteiger partial charge >= 0.3 is 35.5 Å². The van der Waals surface area contributed by atoms with E-state index in [1.807, 2.05) is 6.92 Å². The number of ether oxygens (including phenoxy) is 10. The number of hydrogen-bond acceptors (Lipinski definition) is 24. The van der Waals surface area contributed by atoms with E-state index in [2.05, 4.69) is 51.8 Å². The molecule has 5 saturated heterocycles. The van der Waals surface area contributed by atoms with Crippen molar-refractivity contribution in [3.05, 3.63) is 11.6 Å². The average molecular weight is 1160 g/mol. The van der Waals surface area contributed by atoms with Crippen LogP contribution < -0.4 is 29.6 Å². The maximum atomic E-state index is 14.4. The number of allylic oxidation sites excluding steroid dienone is 2. The van der Waals surface area contributed by atoms with Crippen LogP contribution in [0, 0.1) is 45.3 Å². The SMILES string of the molecule is CO[C@@H]1[C@@H](O)[C@H](O[C@@H]2[C@@H](O)[C@H](O[C@H]3[C@H](O)[C@@H](O)[C@H](O[C@H]4[C@H](O[C@H]5CC[C@]6(C)[C@H]7CC[C@]89C(=O)O[C@@](C)(C(=O)CCC(C)C)[C@H]8CC[C@@]9(C)C7=CC[C@H]6C5(C)C)OC[C@@H](OS(=O)(=O)[O-])[C@@H]4O)O[C@@H]3C)OC[C@H]2O)O[C@H](CO)[C@H]1O.[Na+]. The van der Waals surface area contributed by atoms with Crippen molar-refractivity contribution in [3.63, 3.8) is 0 Å². The van der Waals surface area contributed by atoms with Crippen LogP contribution in [-0.2, 0) is 71.5 Å². The fourth-order valence-corrected chi connectivity index (χ4v) is 16.3. The summed E-state index contributed by atoms with van der Waals surface area (Å²) in [7, 11) is -4.19. The predicted octanol–water partition coefficient (Wildman–Crippen LogP) is -3.00. The third-order valence-corrected chi connectivity index (χ3v) is 20.6. The molecule has 0 bridgehead atoms. The van der Waals surface area contributed by atoms with Gasteiger partial charge in [0.15, 0.2) is 36.5 Å². The normalized spacial score (nSPS) is 49.6. The minimum atomic E-state index is -5.39. The molecule has 4 aliphatic carbocycles. The molecule has 0 amide bonds. The molecule has 0 aromatic rings. The van der Waals surface area contributed by atoms with Crippen molar-refractivity contribution in [3.8, 4) is 0 Å². The number of aliphatic hydroxyl groups excluding tert-OH is 8. The van der Waals surface area contributed by atoms with Gasteiger partial charge in [-0.25, -0.2) is 8.42 Å². The van der Waals surface area contributed by atoms with Crippen molar-refractivity contribution in [1.29, 1.82) is 0 Å². The van der Waals surface area contributed by atoms with Crippen molar-refractivity contribution >= 4 is 22.2 Å². The third-order valence-electron chi connectivity index (χ3n) is 20.1. The monoisotopic (exact) mass is 1160 g/mol. The van der Waals surface area contributed by atoms with Gasteiger partial charge in [-0.1, -0.05) is 53.2 Å². The van der Waals surface area contributed by atoms with Gasteiger partial charge in [-0.3, -0.25) is 13.8 Å². The van der Waals surface area contributed by atoms with E-state index in [0.29, 0.717) is 44.4 Å². The summed E-state index contributed by atoms with van der Waals surface area (Å²) in [5, 5.41) is 88.1. The van der Waals surface area contributed by atoms with Gasteiger partial charge in [0, 0.05) is 24.9 Å². The summed E-state index contributed by atoms with van der Waals surface area (Å²) in [6, 6.07) is 0. The Morgan fingerprint density at radius 2 is 1.41 bits per heavy atom. The molecule has 5 heterocycles. The number of carbonyl (C=O) groups excluding carboxylic acids is 2. The first-order chi connectivity index (χ1) is 36.5. The molecule has 8 N–H and O–H groups in total. The van der Waals surface area contributed by atoms with E-state index in [1.165, 1.54) is 19.6 Å². The number of carbonyl (C=O) groups is 2. The molecule has 79 heavy (non-hydrogen) atoms. The Kier molecular flexibility index (Phi) is 19.3. The Labute approximate surface area is 483 Å². The maximum Gasteiger partial charge on any atom is 1.00 e. The first kappa shape index (κ1) is 64.1. The Bertz CT molecular complexity index is 2330.